The second-order valence-corrected chi connectivity index (χ2v) is 9.30. The Morgan fingerprint density at radius 2 is 1.78 bits per heavy atom. The Labute approximate surface area is 111 Å². The highest BCUT2D eigenvalue weighted by atomic mass is 32.2. The molecule has 0 aromatic heterocycles. The summed E-state index contributed by atoms with van der Waals surface area (Å²) in [5.41, 5.74) is -0.258. The lowest BCUT2D eigenvalue weighted by Gasteiger charge is -2.36. The minimum absolute atomic E-state index is 0.0309. The Morgan fingerprint density at radius 1 is 1.33 bits per heavy atom. The van der Waals surface area contributed by atoms with Crippen LogP contribution in [0.2, 0.25) is 0 Å². The molecule has 0 saturated heterocycles. The molecule has 0 aromatic rings. The fourth-order valence-corrected chi connectivity index (χ4v) is 2.62. The first-order valence-electron chi connectivity index (χ1n) is 6.34. The maximum Gasteiger partial charge on any atom is 0.226 e. The zero-order valence-corrected chi connectivity index (χ0v) is 13.1. The highest BCUT2D eigenvalue weighted by molar-refractivity contribution is 7.90. The first kappa shape index (κ1) is 15.5. The molecule has 0 bridgehead atoms. The average molecular weight is 275 g/mol. The van der Waals surface area contributed by atoms with Crippen molar-refractivity contribution in [3.05, 3.63) is 0 Å². The largest absolute Gasteiger partial charge is 0.337 e. The summed E-state index contributed by atoms with van der Waals surface area (Å²) in [6.45, 7) is 10.3. The predicted molar refractivity (Wildman–Crippen MR) is 73.1 cm³/mol. The van der Waals surface area contributed by atoms with Crippen molar-refractivity contribution in [2.75, 3.05) is 18.6 Å². The third-order valence-corrected chi connectivity index (χ3v) is 4.50. The molecule has 1 amide bonds. The van der Waals surface area contributed by atoms with Crippen molar-refractivity contribution in [3.8, 4) is 0 Å². The Morgan fingerprint density at radius 3 is 2.06 bits per heavy atom. The molecule has 1 fully saturated rings. The topological polar surface area (TPSA) is 54.5 Å². The standard InChI is InChI=1S/C13H25NO3S/c1-12(2,3)14(7-8-18(6,16)17)11(15)10-9-13(10,4)5/h10H,7-9H2,1-6H3/t10-/m1/s1. The molecule has 0 aromatic carbocycles. The minimum Gasteiger partial charge on any atom is -0.337 e. The van der Waals surface area contributed by atoms with Crippen LogP contribution in [-0.2, 0) is 14.6 Å². The Hall–Kier alpha value is -0.580. The monoisotopic (exact) mass is 275 g/mol. The van der Waals surface area contributed by atoms with E-state index in [4.69, 9.17) is 0 Å². The fraction of sp³-hybridized carbons (Fsp3) is 0.923. The van der Waals surface area contributed by atoms with E-state index in [2.05, 4.69) is 13.8 Å². The summed E-state index contributed by atoms with van der Waals surface area (Å²) in [4.78, 5) is 14.1. The number of sulfone groups is 1. The van der Waals surface area contributed by atoms with Gasteiger partial charge in [-0.05, 0) is 32.6 Å². The van der Waals surface area contributed by atoms with Crippen LogP contribution in [0.5, 0.6) is 0 Å². The molecule has 0 spiro atoms. The first-order valence-corrected chi connectivity index (χ1v) is 8.40. The highest BCUT2D eigenvalue weighted by Gasteiger charge is 2.53. The molecule has 4 nitrogen and oxygen atoms in total. The van der Waals surface area contributed by atoms with E-state index in [-0.39, 0.29) is 35.1 Å². The van der Waals surface area contributed by atoms with Gasteiger partial charge < -0.3 is 4.90 Å². The van der Waals surface area contributed by atoms with Crippen LogP contribution in [0.1, 0.15) is 41.0 Å². The van der Waals surface area contributed by atoms with Crippen molar-refractivity contribution >= 4 is 15.7 Å². The number of rotatable bonds is 4. The summed E-state index contributed by atoms with van der Waals surface area (Å²) in [6.07, 6.45) is 2.11. The van der Waals surface area contributed by atoms with Crippen molar-refractivity contribution in [2.45, 2.75) is 46.6 Å². The molecule has 18 heavy (non-hydrogen) atoms. The Kier molecular flexibility index (Phi) is 3.88. The second-order valence-electron chi connectivity index (χ2n) is 7.04. The van der Waals surface area contributed by atoms with Gasteiger partial charge in [0.05, 0.1) is 5.75 Å². The molecule has 0 aliphatic heterocycles. The van der Waals surface area contributed by atoms with Crippen LogP contribution in [0.15, 0.2) is 0 Å². The van der Waals surface area contributed by atoms with Gasteiger partial charge in [-0.2, -0.15) is 0 Å². The molecular formula is C13H25NO3S. The van der Waals surface area contributed by atoms with Crippen LogP contribution in [-0.4, -0.2) is 43.3 Å². The van der Waals surface area contributed by atoms with Gasteiger partial charge in [-0.15, -0.1) is 0 Å². The van der Waals surface area contributed by atoms with E-state index in [1.165, 1.54) is 6.26 Å². The van der Waals surface area contributed by atoms with Gasteiger partial charge in [0.1, 0.15) is 9.84 Å². The molecule has 1 aliphatic carbocycles. The summed E-state index contributed by atoms with van der Waals surface area (Å²) < 4.78 is 22.5. The molecule has 1 rings (SSSR count). The SMILES string of the molecule is CC1(C)C[C@@H]1C(=O)N(CCS(C)(=O)=O)C(C)(C)C. The summed E-state index contributed by atoms with van der Waals surface area (Å²) in [5, 5.41) is 0. The van der Waals surface area contributed by atoms with Gasteiger partial charge in [-0.3, -0.25) is 4.79 Å². The Balaban J connectivity index is 2.78. The molecule has 106 valence electrons. The van der Waals surface area contributed by atoms with Crippen LogP contribution in [0.3, 0.4) is 0 Å². The highest BCUT2D eigenvalue weighted by Crippen LogP contribution is 2.52. The zero-order valence-electron chi connectivity index (χ0n) is 12.3. The number of hydrogen-bond donors (Lipinski definition) is 0. The number of nitrogens with zero attached hydrogens (tertiary/aromatic N) is 1. The van der Waals surface area contributed by atoms with Crippen molar-refractivity contribution in [1.82, 2.24) is 4.90 Å². The van der Waals surface area contributed by atoms with Crippen LogP contribution in [0.25, 0.3) is 0 Å². The normalized spacial score (nSPS) is 22.7. The van der Waals surface area contributed by atoms with Gasteiger partial charge in [0.15, 0.2) is 0 Å². The fourth-order valence-electron chi connectivity index (χ4n) is 2.11. The molecule has 1 aliphatic rings. The minimum atomic E-state index is -3.04. The van der Waals surface area contributed by atoms with E-state index in [0.717, 1.165) is 6.42 Å². The third kappa shape index (κ3) is 3.97. The summed E-state index contributed by atoms with van der Waals surface area (Å²) in [7, 11) is -3.04. The average Bonchev–Trinajstić information content (AvgIpc) is 2.70. The molecular weight excluding hydrogens is 250 g/mol. The number of hydrogen-bond acceptors (Lipinski definition) is 3. The van der Waals surface area contributed by atoms with Gasteiger partial charge in [0.25, 0.3) is 0 Å². The van der Waals surface area contributed by atoms with E-state index >= 15 is 0 Å². The van der Waals surface area contributed by atoms with Gasteiger partial charge in [0, 0.05) is 24.3 Å². The lowest BCUT2D eigenvalue weighted by molar-refractivity contribution is -0.137. The smallest absolute Gasteiger partial charge is 0.226 e. The van der Waals surface area contributed by atoms with Crippen molar-refractivity contribution in [3.63, 3.8) is 0 Å². The van der Waals surface area contributed by atoms with E-state index in [1.54, 1.807) is 4.90 Å². The summed E-state index contributed by atoms with van der Waals surface area (Å²) in [6, 6.07) is 0. The second kappa shape index (κ2) is 4.51. The maximum absolute atomic E-state index is 12.4. The summed E-state index contributed by atoms with van der Waals surface area (Å²) in [5.74, 6) is 0.177. The van der Waals surface area contributed by atoms with Gasteiger partial charge >= 0.3 is 0 Å². The van der Waals surface area contributed by atoms with Crippen LogP contribution >= 0.6 is 0 Å². The number of amides is 1. The van der Waals surface area contributed by atoms with Gasteiger partial charge in [0.2, 0.25) is 5.91 Å². The zero-order chi connectivity index (χ0) is 14.4. The maximum atomic E-state index is 12.4. The molecule has 0 heterocycles. The van der Waals surface area contributed by atoms with E-state index in [9.17, 15) is 13.2 Å². The quantitative estimate of drug-likeness (QED) is 0.785. The Bertz CT molecular complexity index is 432. The van der Waals surface area contributed by atoms with Crippen LogP contribution in [0.4, 0.5) is 0 Å². The molecule has 5 heteroatoms. The van der Waals surface area contributed by atoms with E-state index in [1.807, 2.05) is 20.8 Å². The van der Waals surface area contributed by atoms with Crippen LogP contribution in [0, 0.1) is 11.3 Å². The lowest BCUT2D eigenvalue weighted by Crippen LogP contribution is -2.48. The van der Waals surface area contributed by atoms with Gasteiger partial charge in [-0.1, -0.05) is 13.8 Å². The van der Waals surface area contributed by atoms with E-state index in [0.29, 0.717) is 0 Å². The van der Waals surface area contributed by atoms with Crippen LogP contribution < -0.4 is 0 Å². The van der Waals surface area contributed by atoms with Crippen molar-refractivity contribution in [1.29, 1.82) is 0 Å². The molecule has 1 atom stereocenters. The third-order valence-electron chi connectivity index (χ3n) is 3.57. The number of carbonyl (C=O) groups excluding carboxylic acids is 1. The van der Waals surface area contributed by atoms with Crippen molar-refractivity contribution in [2.24, 2.45) is 11.3 Å². The molecule has 0 N–H and O–H groups in total. The van der Waals surface area contributed by atoms with Crippen molar-refractivity contribution < 1.29 is 13.2 Å². The van der Waals surface area contributed by atoms with E-state index < -0.39 is 9.84 Å². The predicted octanol–water partition coefficient (Wildman–Crippen LogP) is 1.70. The molecule has 0 unspecified atom stereocenters. The number of carbonyl (C=O) groups is 1. The first-order chi connectivity index (χ1) is 7.84. The molecule has 0 radical (unpaired) electrons. The van der Waals surface area contributed by atoms with Gasteiger partial charge in [-0.25, -0.2) is 8.42 Å². The lowest BCUT2D eigenvalue weighted by atomic mass is 10.0. The molecule has 1 saturated carbocycles. The summed E-state index contributed by atoms with van der Waals surface area (Å²) >= 11 is 0.